The Hall–Kier alpha value is -2.69. The minimum absolute atomic E-state index is 0.0985. The SMILES string of the molecule is O=C(O)c1cn(Cc2cccc(F)c2)c2cc(F)ccc12. The fraction of sp³-hybridized carbons (Fsp3) is 0.0625. The normalized spacial score (nSPS) is 11.0. The van der Waals surface area contributed by atoms with E-state index >= 15 is 0 Å². The van der Waals surface area contributed by atoms with Crippen LogP contribution in [0.5, 0.6) is 0 Å². The third-order valence-electron chi connectivity index (χ3n) is 3.32. The van der Waals surface area contributed by atoms with Gasteiger partial charge >= 0.3 is 5.97 Å². The lowest BCUT2D eigenvalue weighted by molar-refractivity contribution is 0.0699. The molecule has 3 rings (SSSR count). The van der Waals surface area contributed by atoms with E-state index in [0.717, 1.165) is 0 Å². The molecule has 0 aliphatic heterocycles. The van der Waals surface area contributed by atoms with Crippen LogP contribution in [0.1, 0.15) is 15.9 Å². The van der Waals surface area contributed by atoms with Crippen LogP contribution in [0.15, 0.2) is 48.7 Å². The molecule has 1 heterocycles. The second-order valence-electron chi connectivity index (χ2n) is 4.77. The second kappa shape index (κ2) is 5.01. The molecule has 0 unspecified atom stereocenters. The summed E-state index contributed by atoms with van der Waals surface area (Å²) < 4.78 is 28.2. The number of carbonyl (C=O) groups is 1. The molecule has 0 fully saturated rings. The first-order valence-corrected chi connectivity index (χ1v) is 6.31. The zero-order valence-electron chi connectivity index (χ0n) is 10.9. The van der Waals surface area contributed by atoms with Crippen molar-refractivity contribution in [3.05, 3.63) is 71.4 Å². The molecule has 0 bridgehead atoms. The Balaban J connectivity index is 2.13. The summed E-state index contributed by atoms with van der Waals surface area (Å²) in [5, 5.41) is 9.67. The van der Waals surface area contributed by atoms with Crippen molar-refractivity contribution in [2.24, 2.45) is 0 Å². The quantitative estimate of drug-likeness (QED) is 0.798. The summed E-state index contributed by atoms with van der Waals surface area (Å²) in [6, 6.07) is 9.95. The molecule has 21 heavy (non-hydrogen) atoms. The molecule has 0 saturated carbocycles. The first kappa shape index (κ1) is 13.3. The maximum Gasteiger partial charge on any atom is 0.337 e. The van der Waals surface area contributed by atoms with E-state index < -0.39 is 11.8 Å². The Morgan fingerprint density at radius 2 is 1.86 bits per heavy atom. The Bertz CT molecular complexity index is 839. The number of nitrogens with zero attached hydrogens (tertiary/aromatic N) is 1. The molecule has 106 valence electrons. The molecule has 0 spiro atoms. The van der Waals surface area contributed by atoms with E-state index in [1.165, 1.54) is 36.5 Å². The van der Waals surface area contributed by atoms with Gasteiger partial charge in [0.05, 0.1) is 11.1 Å². The van der Waals surface area contributed by atoms with E-state index in [4.69, 9.17) is 0 Å². The van der Waals surface area contributed by atoms with E-state index in [9.17, 15) is 18.7 Å². The Morgan fingerprint density at radius 3 is 2.57 bits per heavy atom. The van der Waals surface area contributed by atoms with Crippen molar-refractivity contribution < 1.29 is 18.7 Å². The van der Waals surface area contributed by atoms with Gasteiger partial charge in [0.25, 0.3) is 0 Å². The fourth-order valence-electron chi connectivity index (χ4n) is 2.40. The van der Waals surface area contributed by atoms with Gasteiger partial charge in [0, 0.05) is 18.1 Å². The van der Waals surface area contributed by atoms with Crippen molar-refractivity contribution in [2.75, 3.05) is 0 Å². The van der Waals surface area contributed by atoms with Crippen LogP contribution in [0, 0.1) is 11.6 Å². The van der Waals surface area contributed by atoms with Crippen LogP contribution in [0.3, 0.4) is 0 Å². The van der Waals surface area contributed by atoms with E-state index in [1.807, 2.05) is 0 Å². The Kier molecular flexibility index (Phi) is 3.17. The second-order valence-corrected chi connectivity index (χ2v) is 4.77. The summed E-state index contributed by atoms with van der Waals surface area (Å²) in [6.07, 6.45) is 1.44. The van der Waals surface area contributed by atoms with Crippen molar-refractivity contribution >= 4 is 16.9 Å². The monoisotopic (exact) mass is 287 g/mol. The predicted molar refractivity (Wildman–Crippen MR) is 74.4 cm³/mol. The van der Waals surface area contributed by atoms with E-state index in [-0.39, 0.29) is 17.9 Å². The number of halogens is 2. The number of benzene rings is 2. The summed E-state index contributed by atoms with van der Waals surface area (Å²) in [6.45, 7) is 0.269. The van der Waals surface area contributed by atoms with Crippen LogP contribution in [0.2, 0.25) is 0 Å². The number of aromatic carboxylic acids is 1. The Morgan fingerprint density at radius 1 is 1.10 bits per heavy atom. The average molecular weight is 287 g/mol. The van der Waals surface area contributed by atoms with Crippen LogP contribution in [-0.4, -0.2) is 15.6 Å². The lowest BCUT2D eigenvalue weighted by Crippen LogP contribution is -1.99. The zero-order valence-corrected chi connectivity index (χ0v) is 10.9. The lowest BCUT2D eigenvalue weighted by Gasteiger charge is -2.05. The predicted octanol–water partition coefficient (Wildman–Crippen LogP) is 3.67. The first-order valence-electron chi connectivity index (χ1n) is 6.31. The van der Waals surface area contributed by atoms with Gasteiger partial charge in [0.1, 0.15) is 11.6 Å². The van der Waals surface area contributed by atoms with Crippen LogP contribution in [0.4, 0.5) is 8.78 Å². The van der Waals surface area contributed by atoms with Gasteiger partial charge in [-0.15, -0.1) is 0 Å². The highest BCUT2D eigenvalue weighted by molar-refractivity contribution is 6.03. The summed E-state index contributed by atoms with van der Waals surface area (Å²) in [4.78, 5) is 11.3. The lowest BCUT2D eigenvalue weighted by atomic mass is 10.2. The van der Waals surface area contributed by atoms with Crippen molar-refractivity contribution in [1.82, 2.24) is 4.57 Å². The topological polar surface area (TPSA) is 42.2 Å². The van der Waals surface area contributed by atoms with Gasteiger partial charge in [-0.3, -0.25) is 0 Å². The summed E-state index contributed by atoms with van der Waals surface area (Å²) in [5.41, 5.74) is 1.24. The molecule has 0 amide bonds. The minimum atomic E-state index is -1.08. The maximum absolute atomic E-state index is 13.4. The number of carboxylic acids is 1. The number of hydrogen-bond donors (Lipinski definition) is 1. The molecule has 2 aromatic carbocycles. The molecule has 0 saturated heterocycles. The summed E-state index contributed by atoms with van der Waals surface area (Å²) >= 11 is 0. The first-order chi connectivity index (χ1) is 10.0. The molecule has 0 atom stereocenters. The van der Waals surface area contributed by atoms with Crippen LogP contribution in [0.25, 0.3) is 10.9 Å². The molecular formula is C16H11F2NO2. The van der Waals surface area contributed by atoms with Crippen molar-refractivity contribution in [3.63, 3.8) is 0 Å². The van der Waals surface area contributed by atoms with Gasteiger partial charge < -0.3 is 9.67 Å². The van der Waals surface area contributed by atoms with Gasteiger partial charge in [-0.25, -0.2) is 13.6 Å². The highest BCUT2D eigenvalue weighted by Gasteiger charge is 2.15. The fourth-order valence-corrected chi connectivity index (χ4v) is 2.40. The third-order valence-corrected chi connectivity index (χ3v) is 3.32. The zero-order chi connectivity index (χ0) is 15.0. The van der Waals surface area contributed by atoms with Crippen molar-refractivity contribution in [3.8, 4) is 0 Å². The summed E-state index contributed by atoms with van der Waals surface area (Å²) in [7, 11) is 0. The Labute approximate surface area is 119 Å². The highest BCUT2D eigenvalue weighted by Crippen LogP contribution is 2.23. The van der Waals surface area contributed by atoms with Gasteiger partial charge in [-0.2, -0.15) is 0 Å². The smallest absolute Gasteiger partial charge is 0.337 e. The molecule has 0 aliphatic rings. The van der Waals surface area contributed by atoms with Gasteiger partial charge in [-0.1, -0.05) is 12.1 Å². The highest BCUT2D eigenvalue weighted by atomic mass is 19.1. The number of fused-ring (bicyclic) bond motifs is 1. The molecule has 3 aromatic rings. The van der Waals surface area contributed by atoms with E-state index in [0.29, 0.717) is 16.5 Å². The molecule has 5 heteroatoms. The minimum Gasteiger partial charge on any atom is -0.478 e. The third kappa shape index (κ3) is 2.50. The number of carboxylic acid groups (broad SMARTS) is 1. The van der Waals surface area contributed by atoms with E-state index in [2.05, 4.69) is 0 Å². The molecule has 0 aliphatic carbocycles. The molecule has 3 nitrogen and oxygen atoms in total. The molecule has 0 radical (unpaired) electrons. The standard InChI is InChI=1S/C16H11F2NO2/c17-11-3-1-2-10(6-11)8-19-9-14(16(20)21)13-5-4-12(18)7-15(13)19/h1-7,9H,8H2,(H,20,21). The van der Waals surface area contributed by atoms with Crippen LogP contribution < -0.4 is 0 Å². The number of hydrogen-bond acceptors (Lipinski definition) is 1. The van der Waals surface area contributed by atoms with E-state index in [1.54, 1.807) is 16.7 Å². The van der Waals surface area contributed by atoms with Crippen LogP contribution in [-0.2, 0) is 6.54 Å². The van der Waals surface area contributed by atoms with Crippen molar-refractivity contribution in [2.45, 2.75) is 6.54 Å². The van der Waals surface area contributed by atoms with Gasteiger partial charge in [0.2, 0.25) is 0 Å². The van der Waals surface area contributed by atoms with Gasteiger partial charge in [0.15, 0.2) is 0 Å². The largest absolute Gasteiger partial charge is 0.478 e. The molecule has 1 N–H and O–H groups in total. The molecular weight excluding hydrogens is 276 g/mol. The number of rotatable bonds is 3. The van der Waals surface area contributed by atoms with Crippen LogP contribution >= 0.6 is 0 Å². The van der Waals surface area contributed by atoms with Crippen molar-refractivity contribution in [1.29, 1.82) is 0 Å². The maximum atomic E-state index is 13.4. The molecule has 1 aromatic heterocycles. The summed E-state index contributed by atoms with van der Waals surface area (Å²) in [5.74, 6) is -1.89. The van der Waals surface area contributed by atoms with Gasteiger partial charge in [-0.05, 0) is 35.9 Å². The number of aromatic nitrogens is 1. The average Bonchev–Trinajstić information content (AvgIpc) is 2.77.